The third-order valence-electron chi connectivity index (χ3n) is 9.41. The summed E-state index contributed by atoms with van der Waals surface area (Å²) in [5.41, 5.74) is 1.39. The molecule has 0 saturated heterocycles. The second kappa shape index (κ2) is 22.3. The Morgan fingerprint density at radius 2 is 1.30 bits per heavy atom. The third kappa shape index (κ3) is 16.3. The zero-order valence-corrected chi connectivity index (χ0v) is 35.0. The van der Waals surface area contributed by atoms with Gasteiger partial charge in [0.1, 0.15) is 33.7 Å². The summed E-state index contributed by atoms with van der Waals surface area (Å²) >= 11 is 0. The fraction of sp³-hybridized carbons (Fsp3) is 0.585. The number of hydrogen-bond donors (Lipinski definition) is 7. The summed E-state index contributed by atoms with van der Waals surface area (Å²) in [6, 6.07) is 9.65. The van der Waals surface area contributed by atoms with E-state index in [0.29, 0.717) is 24.9 Å². The normalized spacial score (nSPS) is 14.9. The highest BCUT2D eigenvalue weighted by atomic mass is 32.2. The topological polar surface area (TPSA) is 220 Å². The Bertz CT molecular complexity index is 1730. The van der Waals surface area contributed by atoms with E-state index < -0.39 is 81.3 Å². The quantitative estimate of drug-likeness (QED) is 0.0929. The van der Waals surface area contributed by atoms with Crippen LogP contribution >= 0.6 is 0 Å². The first-order valence-electron chi connectivity index (χ1n) is 19.3. The number of carbonyl (C=O) groups is 5. The molecular weight excluding hydrogens is 739 g/mol. The molecule has 0 bridgehead atoms. The molecule has 14 nitrogen and oxygen atoms in total. The Morgan fingerprint density at radius 3 is 1.88 bits per heavy atom. The number of hydrogen-bond acceptors (Lipinski definition) is 9. The van der Waals surface area contributed by atoms with Crippen molar-refractivity contribution >= 4 is 39.4 Å². The van der Waals surface area contributed by atoms with Gasteiger partial charge < -0.3 is 36.8 Å². The SMILES string of the molecule is Cc1c(O)cccc1C(=O)N[C@H](C(=O)N[C@@H](CCS(C)(=O)=O)C(=O)N[C@@H](CC(C)C)[C@@H](O)C[C@@H](C)C(=O)N[C@@H](CC(C)C)C(=O)NCc1ccccc1)C(C)C. The minimum atomic E-state index is -3.57. The Kier molecular flexibility index (Phi) is 19.0. The Labute approximate surface area is 332 Å². The van der Waals surface area contributed by atoms with Crippen molar-refractivity contribution in [3.63, 3.8) is 0 Å². The highest BCUT2D eigenvalue weighted by Gasteiger charge is 2.34. The highest BCUT2D eigenvalue weighted by molar-refractivity contribution is 7.90. The van der Waals surface area contributed by atoms with Crippen LogP contribution in [0.5, 0.6) is 5.75 Å². The number of benzene rings is 2. The molecule has 0 aliphatic carbocycles. The smallest absolute Gasteiger partial charge is 0.252 e. The first-order chi connectivity index (χ1) is 26.1. The van der Waals surface area contributed by atoms with Crippen molar-refractivity contribution in [2.24, 2.45) is 23.7 Å². The van der Waals surface area contributed by atoms with Gasteiger partial charge in [0.25, 0.3) is 5.91 Å². The minimum absolute atomic E-state index is 0.0201. The molecule has 0 aliphatic heterocycles. The number of sulfone groups is 1. The number of rotatable bonds is 22. The van der Waals surface area contributed by atoms with Gasteiger partial charge in [-0.05, 0) is 68.1 Å². The number of aliphatic hydroxyl groups is 1. The highest BCUT2D eigenvalue weighted by Crippen LogP contribution is 2.21. The van der Waals surface area contributed by atoms with Crippen molar-refractivity contribution < 1.29 is 42.6 Å². The maximum atomic E-state index is 13.8. The second-order valence-corrected chi connectivity index (χ2v) is 18.2. The molecule has 5 amide bonds. The van der Waals surface area contributed by atoms with Crippen LogP contribution in [0.2, 0.25) is 0 Å². The van der Waals surface area contributed by atoms with Crippen LogP contribution in [0.25, 0.3) is 0 Å². The number of carbonyl (C=O) groups excluding carboxylic acids is 5. The Hall–Kier alpha value is -4.50. The Morgan fingerprint density at radius 1 is 0.696 bits per heavy atom. The van der Waals surface area contributed by atoms with Crippen LogP contribution in [0.4, 0.5) is 0 Å². The van der Waals surface area contributed by atoms with Crippen LogP contribution in [-0.4, -0.2) is 90.4 Å². The fourth-order valence-electron chi connectivity index (χ4n) is 6.15. The molecule has 0 aliphatic rings. The first kappa shape index (κ1) is 47.7. The van der Waals surface area contributed by atoms with Gasteiger partial charge in [-0.25, -0.2) is 8.42 Å². The maximum absolute atomic E-state index is 13.8. The van der Waals surface area contributed by atoms with Crippen molar-refractivity contribution in [2.45, 2.75) is 118 Å². The zero-order valence-electron chi connectivity index (χ0n) is 34.2. The summed E-state index contributed by atoms with van der Waals surface area (Å²) in [4.78, 5) is 67.2. The van der Waals surface area contributed by atoms with Gasteiger partial charge in [-0.3, -0.25) is 24.0 Å². The van der Waals surface area contributed by atoms with Gasteiger partial charge in [0, 0.05) is 29.8 Å². The van der Waals surface area contributed by atoms with Gasteiger partial charge >= 0.3 is 0 Å². The molecule has 15 heteroatoms. The van der Waals surface area contributed by atoms with E-state index in [2.05, 4.69) is 26.6 Å². The molecule has 0 fully saturated rings. The number of aliphatic hydroxyl groups excluding tert-OH is 1. The average molecular weight is 802 g/mol. The molecule has 0 radical (unpaired) electrons. The van der Waals surface area contributed by atoms with Gasteiger partial charge in [0.05, 0.1) is 17.9 Å². The summed E-state index contributed by atoms with van der Waals surface area (Å²) in [6.07, 6.45) is 0.116. The molecule has 56 heavy (non-hydrogen) atoms. The van der Waals surface area contributed by atoms with Crippen LogP contribution in [0.3, 0.4) is 0 Å². The lowest BCUT2D eigenvalue weighted by atomic mass is 9.91. The van der Waals surface area contributed by atoms with Gasteiger partial charge in [-0.2, -0.15) is 0 Å². The van der Waals surface area contributed by atoms with E-state index >= 15 is 0 Å². The zero-order chi connectivity index (χ0) is 42.3. The standard InChI is InChI=1S/C41H63N5O9S/c1-24(2)20-32(35(48)22-27(7)37(49)45-33(21-25(3)4)39(51)42-23-29-14-11-10-12-15-29)44-40(52)31(18-19-56(9,54)55)43-41(53)36(26(5)6)46-38(50)30-16-13-17-34(47)28(30)8/h10-17,24-27,31-33,35-36,47-48H,18-23H2,1-9H3,(H,42,51)(H,43,53)(H,44,52)(H,45,49)(H,46,50)/t27-,31+,32+,33+,35+,36+/m1/s1. The average Bonchev–Trinajstić information content (AvgIpc) is 3.10. The lowest BCUT2D eigenvalue weighted by Gasteiger charge is -2.30. The monoisotopic (exact) mass is 801 g/mol. The summed E-state index contributed by atoms with van der Waals surface area (Å²) < 4.78 is 24.3. The molecule has 7 N–H and O–H groups in total. The second-order valence-electron chi connectivity index (χ2n) is 16.0. The maximum Gasteiger partial charge on any atom is 0.252 e. The van der Waals surface area contributed by atoms with Crippen molar-refractivity contribution in [3.05, 3.63) is 65.2 Å². The molecule has 6 atom stereocenters. The van der Waals surface area contributed by atoms with Gasteiger partial charge in [-0.15, -0.1) is 0 Å². The molecule has 2 aromatic carbocycles. The largest absolute Gasteiger partial charge is 0.508 e. The lowest BCUT2D eigenvalue weighted by Crippen LogP contribution is -2.58. The molecule has 312 valence electrons. The first-order valence-corrected chi connectivity index (χ1v) is 21.3. The molecule has 0 unspecified atom stereocenters. The molecule has 0 spiro atoms. The van der Waals surface area contributed by atoms with E-state index in [1.807, 2.05) is 58.0 Å². The predicted octanol–water partition coefficient (Wildman–Crippen LogP) is 3.14. The van der Waals surface area contributed by atoms with Crippen LogP contribution in [0.1, 0.15) is 95.6 Å². The van der Waals surface area contributed by atoms with E-state index in [1.165, 1.54) is 18.2 Å². The molecule has 0 aromatic heterocycles. The van der Waals surface area contributed by atoms with Crippen molar-refractivity contribution in [1.29, 1.82) is 0 Å². The third-order valence-corrected chi connectivity index (χ3v) is 10.4. The Balaban J connectivity index is 2.22. The molecule has 2 aromatic rings. The number of amides is 5. The van der Waals surface area contributed by atoms with Crippen LogP contribution < -0.4 is 26.6 Å². The minimum Gasteiger partial charge on any atom is -0.508 e. The predicted molar refractivity (Wildman–Crippen MR) is 216 cm³/mol. The van der Waals surface area contributed by atoms with E-state index in [9.17, 15) is 42.6 Å². The number of aromatic hydroxyl groups is 1. The number of phenols is 1. The van der Waals surface area contributed by atoms with E-state index in [1.54, 1.807) is 27.7 Å². The van der Waals surface area contributed by atoms with E-state index in [-0.39, 0.29) is 41.9 Å². The number of phenolic OH excluding ortho intramolecular Hbond substituents is 1. The van der Waals surface area contributed by atoms with Gasteiger partial charge in [-0.1, -0.05) is 84.9 Å². The summed E-state index contributed by atoms with van der Waals surface area (Å²) in [5, 5.41) is 35.3. The molecule has 2 rings (SSSR count). The molecular formula is C41H63N5O9S. The van der Waals surface area contributed by atoms with Crippen molar-refractivity contribution in [3.8, 4) is 5.75 Å². The van der Waals surface area contributed by atoms with Crippen molar-refractivity contribution in [1.82, 2.24) is 26.6 Å². The number of nitrogens with one attached hydrogen (secondary N) is 5. The van der Waals surface area contributed by atoms with Crippen molar-refractivity contribution in [2.75, 3.05) is 12.0 Å². The summed E-state index contributed by atoms with van der Waals surface area (Å²) in [6.45, 7) is 14.5. The van der Waals surface area contributed by atoms with Gasteiger partial charge in [0.2, 0.25) is 23.6 Å². The summed E-state index contributed by atoms with van der Waals surface area (Å²) in [5.74, 6) is -4.52. The van der Waals surface area contributed by atoms with Gasteiger partial charge in [0.15, 0.2) is 0 Å². The van der Waals surface area contributed by atoms with E-state index in [0.717, 1.165) is 11.8 Å². The van der Waals surface area contributed by atoms with Crippen LogP contribution in [0, 0.1) is 30.6 Å². The van der Waals surface area contributed by atoms with Crippen LogP contribution in [0.15, 0.2) is 48.5 Å². The fourth-order valence-corrected chi connectivity index (χ4v) is 6.81. The molecule has 0 heterocycles. The van der Waals surface area contributed by atoms with E-state index in [4.69, 9.17) is 0 Å². The summed E-state index contributed by atoms with van der Waals surface area (Å²) in [7, 11) is -3.57. The lowest BCUT2D eigenvalue weighted by molar-refractivity contribution is -0.132. The van der Waals surface area contributed by atoms with Crippen LogP contribution in [-0.2, 0) is 35.6 Å². The molecule has 0 saturated carbocycles.